The third-order valence-corrected chi connectivity index (χ3v) is 6.06. The van der Waals surface area contributed by atoms with E-state index < -0.39 is 0 Å². The summed E-state index contributed by atoms with van der Waals surface area (Å²) in [7, 11) is 0. The Morgan fingerprint density at radius 3 is 2.75 bits per heavy atom. The minimum atomic E-state index is -0.0851. The van der Waals surface area contributed by atoms with Gasteiger partial charge in [-0.3, -0.25) is 4.79 Å². The molecule has 2 N–H and O–H groups in total. The van der Waals surface area contributed by atoms with Gasteiger partial charge in [0.15, 0.2) is 0 Å². The van der Waals surface area contributed by atoms with Gasteiger partial charge in [-0.25, -0.2) is 9.97 Å². The van der Waals surface area contributed by atoms with Crippen LogP contribution in [0.3, 0.4) is 0 Å². The fourth-order valence-corrected chi connectivity index (χ4v) is 4.14. The van der Waals surface area contributed by atoms with E-state index in [1.165, 1.54) is 16.7 Å². The van der Waals surface area contributed by atoms with E-state index in [2.05, 4.69) is 40.0 Å². The minimum absolute atomic E-state index is 0.0851. The van der Waals surface area contributed by atoms with E-state index in [1.54, 1.807) is 0 Å². The molecule has 1 atom stereocenters. The average molecular weight is 380 g/mol. The number of carbonyl (C=O) groups excluding carboxylic acids is 1. The second-order valence-corrected chi connectivity index (χ2v) is 8.01. The van der Waals surface area contributed by atoms with Gasteiger partial charge in [-0.2, -0.15) is 0 Å². The van der Waals surface area contributed by atoms with Crippen molar-refractivity contribution in [2.75, 3.05) is 24.5 Å². The van der Waals surface area contributed by atoms with Crippen molar-refractivity contribution in [1.29, 1.82) is 0 Å². The second kappa shape index (κ2) is 7.51. The molecule has 0 bridgehead atoms. The van der Waals surface area contributed by atoms with Crippen molar-refractivity contribution < 1.29 is 4.79 Å². The van der Waals surface area contributed by atoms with E-state index in [-0.39, 0.29) is 11.9 Å². The van der Waals surface area contributed by atoms with Crippen LogP contribution < -0.4 is 10.6 Å². The van der Waals surface area contributed by atoms with Gasteiger partial charge in [0, 0.05) is 43.5 Å². The van der Waals surface area contributed by atoms with Crippen LogP contribution in [-0.2, 0) is 19.4 Å². The molecule has 1 amide bonds. The van der Waals surface area contributed by atoms with Crippen LogP contribution in [0.1, 0.15) is 51.9 Å². The molecule has 0 aliphatic carbocycles. The normalized spacial score (nSPS) is 19.1. The van der Waals surface area contributed by atoms with Gasteiger partial charge in [0.25, 0.3) is 5.91 Å². The summed E-state index contributed by atoms with van der Waals surface area (Å²) in [6.07, 6.45) is 2.87. The number of aromatic nitrogens is 2. The summed E-state index contributed by atoms with van der Waals surface area (Å²) in [4.78, 5) is 26.4. The van der Waals surface area contributed by atoms with Crippen molar-refractivity contribution in [2.45, 2.75) is 52.6 Å². The quantitative estimate of drug-likeness (QED) is 0.886. The van der Waals surface area contributed by atoms with Crippen LogP contribution in [0.25, 0.3) is 0 Å². The first-order valence-electron chi connectivity index (χ1n) is 10.2. The number of fused-ring (bicyclic) bond motifs is 1. The van der Waals surface area contributed by atoms with Gasteiger partial charge < -0.3 is 15.5 Å². The fraction of sp³-hybridized carbons (Fsp3) is 0.500. The molecule has 2 aliphatic rings. The standard InChI is InChI=1S/C22H29N5O/c1-4-16-5-6-18-12-27(9-7-17(18)11-16)22(28)20-24-15(3)14(2)21(25-20)26-10-8-19(23)13-26/h5-6,11,19H,4,7-10,12-13,23H2,1-3H3/t19-/m1/s1. The topological polar surface area (TPSA) is 75.4 Å². The number of nitrogens with zero attached hydrogens (tertiary/aromatic N) is 4. The molecule has 3 heterocycles. The highest BCUT2D eigenvalue weighted by Gasteiger charge is 2.27. The molecular formula is C22H29N5O. The zero-order valence-electron chi connectivity index (χ0n) is 17.0. The maximum atomic E-state index is 13.2. The minimum Gasteiger partial charge on any atom is -0.355 e. The van der Waals surface area contributed by atoms with Crippen LogP contribution in [0.5, 0.6) is 0 Å². The molecule has 148 valence electrons. The van der Waals surface area contributed by atoms with Crippen LogP contribution in [0.15, 0.2) is 18.2 Å². The summed E-state index contributed by atoms with van der Waals surface area (Å²) in [5, 5.41) is 0. The number of hydrogen-bond donors (Lipinski definition) is 1. The van der Waals surface area contributed by atoms with Crippen LogP contribution in [0.4, 0.5) is 5.82 Å². The number of aryl methyl sites for hydroxylation is 2. The van der Waals surface area contributed by atoms with E-state index in [0.29, 0.717) is 18.9 Å². The van der Waals surface area contributed by atoms with Gasteiger partial charge >= 0.3 is 0 Å². The lowest BCUT2D eigenvalue weighted by Crippen LogP contribution is -2.37. The fourth-order valence-electron chi connectivity index (χ4n) is 4.14. The van der Waals surface area contributed by atoms with E-state index >= 15 is 0 Å². The molecule has 0 saturated carbocycles. The summed E-state index contributed by atoms with van der Waals surface area (Å²) in [5.41, 5.74) is 11.9. The molecule has 28 heavy (non-hydrogen) atoms. The molecule has 2 aromatic rings. The van der Waals surface area contributed by atoms with Crippen LogP contribution in [0, 0.1) is 13.8 Å². The average Bonchev–Trinajstić information content (AvgIpc) is 3.14. The van der Waals surface area contributed by atoms with E-state index in [9.17, 15) is 4.79 Å². The highest BCUT2D eigenvalue weighted by Crippen LogP contribution is 2.25. The van der Waals surface area contributed by atoms with Crippen molar-refractivity contribution >= 4 is 11.7 Å². The van der Waals surface area contributed by atoms with E-state index in [4.69, 9.17) is 5.73 Å². The molecule has 1 aromatic heterocycles. The van der Waals surface area contributed by atoms with Crippen LogP contribution in [0.2, 0.25) is 0 Å². The second-order valence-electron chi connectivity index (χ2n) is 8.01. The molecule has 6 nitrogen and oxygen atoms in total. The predicted octanol–water partition coefficient (Wildman–Crippen LogP) is 2.39. The zero-order valence-corrected chi connectivity index (χ0v) is 17.0. The van der Waals surface area contributed by atoms with E-state index in [1.807, 2.05) is 18.7 Å². The Morgan fingerprint density at radius 1 is 1.21 bits per heavy atom. The first kappa shape index (κ1) is 18.9. The smallest absolute Gasteiger partial charge is 0.292 e. The van der Waals surface area contributed by atoms with Crippen LogP contribution in [-0.4, -0.2) is 46.5 Å². The van der Waals surface area contributed by atoms with Crippen molar-refractivity contribution in [1.82, 2.24) is 14.9 Å². The summed E-state index contributed by atoms with van der Waals surface area (Å²) >= 11 is 0. The zero-order chi connectivity index (χ0) is 19.8. The van der Waals surface area contributed by atoms with Gasteiger partial charge in [0.05, 0.1) is 0 Å². The molecule has 0 spiro atoms. The SMILES string of the molecule is CCc1ccc2c(c1)CCN(C(=O)c1nc(C)c(C)c(N3CC[C@@H](N)C3)n1)C2. The highest BCUT2D eigenvalue weighted by molar-refractivity contribution is 5.91. The van der Waals surface area contributed by atoms with Gasteiger partial charge in [0.1, 0.15) is 5.82 Å². The molecule has 1 aromatic carbocycles. The largest absolute Gasteiger partial charge is 0.355 e. The molecule has 6 heteroatoms. The molecule has 0 radical (unpaired) electrons. The van der Waals surface area contributed by atoms with Crippen molar-refractivity contribution in [3.05, 3.63) is 52.0 Å². The Kier molecular flexibility index (Phi) is 5.06. The van der Waals surface area contributed by atoms with Gasteiger partial charge in [-0.1, -0.05) is 25.1 Å². The predicted molar refractivity (Wildman–Crippen MR) is 111 cm³/mol. The number of hydrogen-bond acceptors (Lipinski definition) is 5. The lowest BCUT2D eigenvalue weighted by molar-refractivity contribution is 0.0722. The number of amides is 1. The molecular weight excluding hydrogens is 350 g/mol. The van der Waals surface area contributed by atoms with Crippen LogP contribution >= 0.6 is 0 Å². The number of anilines is 1. The summed E-state index contributed by atoms with van der Waals surface area (Å²) in [5.74, 6) is 1.07. The Balaban J connectivity index is 1.59. The number of carbonyl (C=O) groups is 1. The Bertz CT molecular complexity index is 910. The maximum absolute atomic E-state index is 13.2. The molecule has 1 fully saturated rings. The lowest BCUT2D eigenvalue weighted by Gasteiger charge is -2.29. The Labute approximate surface area is 166 Å². The Morgan fingerprint density at radius 2 is 2.04 bits per heavy atom. The molecule has 2 aliphatic heterocycles. The van der Waals surface area contributed by atoms with Gasteiger partial charge in [-0.15, -0.1) is 0 Å². The van der Waals surface area contributed by atoms with Crippen molar-refractivity contribution in [3.8, 4) is 0 Å². The molecule has 1 saturated heterocycles. The number of nitrogens with two attached hydrogens (primary N) is 1. The first-order valence-corrected chi connectivity index (χ1v) is 10.2. The third kappa shape index (κ3) is 3.49. The number of benzene rings is 1. The number of rotatable bonds is 3. The van der Waals surface area contributed by atoms with Gasteiger partial charge in [-0.05, 0) is 49.8 Å². The molecule has 0 unspecified atom stereocenters. The summed E-state index contributed by atoms with van der Waals surface area (Å²) in [6.45, 7) is 9.13. The summed E-state index contributed by atoms with van der Waals surface area (Å²) in [6, 6.07) is 6.76. The summed E-state index contributed by atoms with van der Waals surface area (Å²) < 4.78 is 0. The van der Waals surface area contributed by atoms with Crippen molar-refractivity contribution in [3.63, 3.8) is 0 Å². The van der Waals surface area contributed by atoms with E-state index in [0.717, 1.165) is 49.4 Å². The first-order chi connectivity index (χ1) is 13.5. The highest BCUT2D eigenvalue weighted by atomic mass is 16.2. The lowest BCUT2D eigenvalue weighted by atomic mass is 9.96. The van der Waals surface area contributed by atoms with Crippen molar-refractivity contribution in [2.24, 2.45) is 5.73 Å². The third-order valence-electron chi connectivity index (χ3n) is 6.06. The molecule has 4 rings (SSSR count). The van der Waals surface area contributed by atoms with Gasteiger partial charge in [0.2, 0.25) is 5.82 Å². The Hall–Kier alpha value is -2.47. The monoisotopic (exact) mass is 379 g/mol. The maximum Gasteiger partial charge on any atom is 0.292 e.